The van der Waals surface area contributed by atoms with E-state index in [0.29, 0.717) is 37.1 Å². The highest BCUT2D eigenvalue weighted by molar-refractivity contribution is 5.73. The maximum atomic E-state index is 13.8. The first-order valence-corrected chi connectivity index (χ1v) is 8.70. The van der Waals surface area contributed by atoms with Gasteiger partial charge in [-0.05, 0) is 56.2 Å². The first-order chi connectivity index (χ1) is 12.6. The van der Waals surface area contributed by atoms with Crippen LogP contribution < -0.4 is 18.9 Å². The Morgan fingerprint density at radius 3 is 1.85 bits per heavy atom. The van der Waals surface area contributed by atoms with Crippen LogP contribution in [0.15, 0.2) is 30.3 Å². The first kappa shape index (κ1) is 19.6. The minimum atomic E-state index is -0.397. The second kappa shape index (κ2) is 9.70. The van der Waals surface area contributed by atoms with E-state index < -0.39 is 5.82 Å². The van der Waals surface area contributed by atoms with Crippen molar-refractivity contribution in [2.45, 2.75) is 20.8 Å². The standard InChI is InChI=1S/C21H25FO4/c1-5-24-19-13-16(14-20(25-6-2)21(19)26-7-3)9-8-15-10-11-18(23-4)17(22)12-15/h8-14H,5-7H2,1-4H3/b9-8-. The summed E-state index contributed by atoms with van der Waals surface area (Å²) in [5, 5.41) is 0. The summed E-state index contributed by atoms with van der Waals surface area (Å²) in [5.41, 5.74) is 1.60. The molecule has 0 aliphatic rings. The predicted octanol–water partition coefficient (Wildman–Crippen LogP) is 5.20. The quantitative estimate of drug-likeness (QED) is 0.576. The topological polar surface area (TPSA) is 36.9 Å². The molecule has 0 amide bonds. The summed E-state index contributed by atoms with van der Waals surface area (Å²) >= 11 is 0. The van der Waals surface area contributed by atoms with Gasteiger partial charge in [0.05, 0.1) is 26.9 Å². The Balaban J connectivity index is 2.37. The molecule has 0 saturated carbocycles. The van der Waals surface area contributed by atoms with Crippen molar-refractivity contribution >= 4 is 12.2 Å². The van der Waals surface area contributed by atoms with Crippen molar-refractivity contribution in [2.24, 2.45) is 0 Å². The lowest BCUT2D eigenvalue weighted by atomic mass is 10.1. The van der Waals surface area contributed by atoms with Gasteiger partial charge in [-0.1, -0.05) is 18.2 Å². The highest BCUT2D eigenvalue weighted by Crippen LogP contribution is 2.39. The molecular weight excluding hydrogens is 335 g/mol. The second-order valence-corrected chi connectivity index (χ2v) is 5.37. The van der Waals surface area contributed by atoms with Crippen molar-refractivity contribution in [3.8, 4) is 23.0 Å². The highest BCUT2D eigenvalue weighted by atomic mass is 19.1. The van der Waals surface area contributed by atoms with Gasteiger partial charge in [0.25, 0.3) is 0 Å². The Bertz CT molecular complexity index is 729. The fourth-order valence-electron chi connectivity index (χ4n) is 2.48. The Kier molecular flexibility index (Phi) is 7.33. The molecule has 0 aromatic heterocycles. The van der Waals surface area contributed by atoms with Crippen LogP contribution >= 0.6 is 0 Å². The fourth-order valence-corrected chi connectivity index (χ4v) is 2.48. The summed E-state index contributed by atoms with van der Waals surface area (Å²) in [6.45, 7) is 7.29. The molecule has 140 valence electrons. The van der Waals surface area contributed by atoms with Gasteiger partial charge in [-0.25, -0.2) is 4.39 Å². The van der Waals surface area contributed by atoms with E-state index in [2.05, 4.69) is 0 Å². The smallest absolute Gasteiger partial charge is 0.203 e. The maximum Gasteiger partial charge on any atom is 0.203 e. The van der Waals surface area contributed by atoms with E-state index >= 15 is 0 Å². The van der Waals surface area contributed by atoms with E-state index in [1.807, 2.05) is 45.1 Å². The lowest BCUT2D eigenvalue weighted by Crippen LogP contribution is -2.02. The largest absolute Gasteiger partial charge is 0.494 e. The zero-order valence-corrected chi connectivity index (χ0v) is 15.7. The van der Waals surface area contributed by atoms with Crippen LogP contribution in [0.2, 0.25) is 0 Å². The molecule has 0 atom stereocenters. The Labute approximate surface area is 154 Å². The first-order valence-electron chi connectivity index (χ1n) is 8.70. The Hall–Kier alpha value is -2.69. The molecule has 2 aromatic carbocycles. The average molecular weight is 360 g/mol. The van der Waals surface area contributed by atoms with Crippen molar-refractivity contribution in [1.29, 1.82) is 0 Å². The van der Waals surface area contributed by atoms with Crippen molar-refractivity contribution in [3.05, 3.63) is 47.3 Å². The summed E-state index contributed by atoms with van der Waals surface area (Å²) in [6.07, 6.45) is 3.70. The minimum Gasteiger partial charge on any atom is -0.494 e. The molecule has 4 nitrogen and oxygen atoms in total. The molecule has 0 fully saturated rings. The van der Waals surface area contributed by atoms with Gasteiger partial charge < -0.3 is 18.9 Å². The zero-order valence-electron chi connectivity index (χ0n) is 15.7. The second-order valence-electron chi connectivity index (χ2n) is 5.37. The number of halogens is 1. The molecule has 26 heavy (non-hydrogen) atoms. The van der Waals surface area contributed by atoms with Gasteiger partial charge in [-0.2, -0.15) is 0 Å². The molecule has 0 aliphatic heterocycles. The van der Waals surface area contributed by atoms with Gasteiger partial charge in [0.1, 0.15) is 0 Å². The summed E-state index contributed by atoms with van der Waals surface area (Å²) in [5.74, 6) is 1.68. The van der Waals surface area contributed by atoms with Crippen molar-refractivity contribution < 1.29 is 23.3 Å². The van der Waals surface area contributed by atoms with E-state index in [1.165, 1.54) is 13.2 Å². The maximum absolute atomic E-state index is 13.8. The number of ether oxygens (including phenoxy) is 4. The molecule has 2 rings (SSSR count). The lowest BCUT2D eigenvalue weighted by Gasteiger charge is -2.16. The molecule has 2 aromatic rings. The number of rotatable bonds is 9. The Morgan fingerprint density at radius 1 is 0.769 bits per heavy atom. The number of hydrogen-bond donors (Lipinski definition) is 0. The monoisotopic (exact) mass is 360 g/mol. The summed E-state index contributed by atoms with van der Waals surface area (Å²) in [7, 11) is 1.44. The van der Waals surface area contributed by atoms with E-state index in [4.69, 9.17) is 18.9 Å². The number of methoxy groups -OCH3 is 1. The number of hydrogen-bond acceptors (Lipinski definition) is 4. The van der Waals surface area contributed by atoms with Crippen LogP contribution in [0.5, 0.6) is 23.0 Å². The van der Waals surface area contributed by atoms with Gasteiger partial charge in [0, 0.05) is 0 Å². The van der Waals surface area contributed by atoms with Gasteiger partial charge in [-0.15, -0.1) is 0 Å². The summed E-state index contributed by atoms with van der Waals surface area (Å²) in [6, 6.07) is 8.59. The van der Waals surface area contributed by atoms with Gasteiger partial charge >= 0.3 is 0 Å². The molecule has 5 heteroatoms. The molecule has 0 N–H and O–H groups in total. The normalized spacial score (nSPS) is 10.8. The molecule has 0 bridgehead atoms. The van der Waals surface area contributed by atoms with E-state index in [9.17, 15) is 4.39 Å². The molecule has 0 heterocycles. The van der Waals surface area contributed by atoms with Crippen LogP contribution in [0.25, 0.3) is 12.2 Å². The van der Waals surface area contributed by atoms with E-state index in [0.717, 1.165) is 11.1 Å². The van der Waals surface area contributed by atoms with Crippen LogP contribution in [0.1, 0.15) is 31.9 Å². The molecule has 0 unspecified atom stereocenters. The van der Waals surface area contributed by atoms with Gasteiger partial charge in [0.15, 0.2) is 23.1 Å². The summed E-state index contributed by atoms with van der Waals surface area (Å²) < 4.78 is 35.9. The highest BCUT2D eigenvalue weighted by Gasteiger charge is 2.14. The molecule has 0 aliphatic carbocycles. The zero-order chi connectivity index (χ0) is 18.9. The fraction of sp³-hybridized carbons (Fsp3) is 0.333. The van der Waals surface area contributed by atoms with E-state index in [1.54, 1.807) is 12.1 Å². The SMILES string of the molecule is CCOc1cc(/C=C\c2ccc(OC)c(F)c2)cc(OCC)c1OCC. The van der Waals surface area contributed by atoms with Crippen LogP contribution in [0, 0.1) is 5.82 Å². The Morgan fingerprint density at radius 2 is 1.35 bits per heavy atom. The molecular formula is C21H25FO4. The van der Waals surface area contributed by atoms with Crippen molar-refractivity contribution in [2.75, 3.05) is 26.9 Å². The van der Waals surface area contributed by atoms with E-state index in [-0.39, 0.29) is 5.75 Å². The van der Waals surface area contributed by atoms with Crippen LogP contribution in [-0.4, -0.2) is 26.9 Å². The molecule has 0 radical (unpaired) electrons. The lowest BCUT2D eigenvalue weighted by molar-refractivity contribution is 0.260. The third kappa shape index (κ3) is 4.91. The van der Waals surface area contributed by atoms with Crippen LogP contribution in [-0.2, 0) is 0 Å². The van der Waals surface area contributed by atoms with Gasteiger partial charge in [-0.3, -0.25) is 0 Å². The molecule has 0 saturated heterocycles. The van der Waals surface area contributed by atoms with Crippen LogP contribution in [0.4, 0.5) is 4.39 Å². The number of benzene rings is 2. The molecule has 0 spiro atoms. The van der Waals surface area contributed by atoms with Crippen molar-refractivity contribution in [3.63, 3.8) is 0 Å². The summed E-state index contributed by atoms with van der Waals surface area (Å²) in [4.78, 5) is 0. The van der Waals surface area contributed by atoms with Crippen LogP contribution in [0.3, 0.4) is 0 Å². The predicted molar refractivity (Wildman–Crippen MR) is 102 cm³/mol. The third-order valence-corrected chi connectivity index (χ3v) is 3.58. The van der Waals surface area contributed by atoms with Crippen molar-refractivity contribution in [1.82, 2.24) is 0 Å². The third-order valence-electron chi connectivity index (χ3n) is 3.58. The average Bonchev–Trinajstić information content (AvgIpc) is 2.63. The van der Waals surface area contributed by atoms with Gasteiger partial charge in [0.2, 0.25) is 5.75 Å². The minimum absolute atomic E-state index is 0.223.